The highest BCUT2D eigenvalue weighted by Gasteiger charge is 2.64. The molecule has 2 heterocycles. The van der Waals surface area contributed by atoms with Gasteiger partial charge in [0.15, 0.2) is 0 Å². The first-order chi connectivity index (χ1) is 10.7. The number of rotatable bonds is 4. The SMILES string of the molecule is CCOC(=O)C1(C(=O)OCC)c2ccccc2N2CCCC21. The highest BCUT2D eigenvalue weighted by molar-refractivity contribution is 6.11. The third kappa shape index (κ3) is 1.84. The number of fused-ring (bicyclic) bond motifs is 3. The molecule has 0 saturated carbocycles. The molecule has 1 fully saturated rings. The van der Waals surface area contributed by atoms with Crippen LogP contribution in [0.15, 0.2) is 24.3 Å². The maximum atomic E-state index is 12.8. The van der Waals surface area contributed by atoms with Gasteiger partial charge in [-0.05, 0) is 32.8 Å². The fraction of sp³-hybridized carbons (Fsp3) is 0.529. The highest BCUT2D eigenvalue weighted by atomic mass is 16.6. The Balaban J connectivity index is 2.19. The summed E-state index contributed by atoms with van der Waals surface area (Å²) in [6.07, 6.45) is 1.74. The topological polar surface area (TPSA) is 55.8 Å². The van der Waals surface area contributed by atoms with Crippen LogP contribution in [0, 0.1) is 0 Å². The fourth-order valence-corrected chi connectivity index (χ4v) is 3.81. The van der Waals surface area contributed by atoms with Crippen molar-refractivity contribution in [3.8, 4) is 0 Å². The minimum Gasteiger partial charge on any atom is -0.465 e. The van der Waals surface area contributed by atoms with Crippen molar-refractivity contribution in [1.29, 1.82) is 0 Å². The monoisotopic (exact) mass is 303 g/mol. The van der Waals surface area contributed by atoms with Gasteiger partial charge in [-0.1, -0.05) is 18.2 Å². The molecule has 0 bridgehead atoms. The molecule has 0 aliphatic carbocycles. The molecule has 1 aromatic rings. The second-order valence-electron chi connectivity index (χ2n) is 5.62. The second-order valence-corrected chi connectivity index (χ2v) is 5.62. The van der Waals surface area contributed by atoms with Crippen molar-refractivity contribution in [2.45, 2.75) is 38.1 Å². The third-order valence-electron chi connectivity index (χ3n) is 4.59. The van der Waals surface area contributed by atoms with Crippen molar-refractivity contribution < 1.29 is 19.1 Å². The minimum atomic E-state index is -1.35. The number of carbonyl (C=O) groups excluding carboxylic acids is 2. The van der Waals surface area contributed by atoms with Crippen LogP contribution in [-0.2, 0) is 24.5 Å². The molecular weight excluding hydrogens is 282 g/mol. The number of hydrogen-bond acceptors (Lipinski definition) is 5. The Hall–Kier alpha value is -2.04. The summed E-state index contributed by atoms with van der Waals surface area (Å²) in [5, 5.41) is 0. The van der Waals surface area contributed by atoms with Crippen LogP contribution in [0.1, 0.15) is 32.3 Å². The summed E-state index contributed by atoms with van der Waals surface area (Å²) >= 11 is 0. The Morgan fingerprint density at radius 2 is 1.82 bits per heavy atom. The van der Waals surface area contributed by atoms with Crippen LogP contribution in [0.25, 0.3) is 0 Å². The van der Waals surface area contributed by atoms with E-state index in [0.717, 1.165) is 30.6 Å². The average molecular weight is 303 g/mol. The van der Waals surface area contributed by atoms with Crippen LogP contribution in [-0.4, -0.2) is 37.7 Å². The maximum Gasteiger partial charge on any atom is 0.330 e. The molecule has 1 unspecified atom stereocenters. The van der Waals surface area contributed by atoms with Crippen molar-refractivity contribution in [3.05, 3.63) is 29.8 Å². The summed E-state index contributed by atoms with van der Waals surface area (Å²) in [5.41, 5.74) is 0.321. The molecule has 2 aliphatic rings. The summed E-state index contributed by atoms with van der Waals surface area (Å²) in [4.78, 5) is 27.8. The number of para-hydroxylation sites is 1. The number of ether oxygens (including phenoxy) is 2. The molecule has 1 aromatic carbocycles. The lowest BCUT2D eigenvalue weighted by atomic mass is 9.75. The summed E-state index contributed by atoms with van der Waals surface area (Å²) < 4.78 is 10.6. The molecule has 0 radical (unpaired) electrons. The van der Waals surface area contributed by atoms with Gasteiger partial charge in [0.05, 0.1) is 19.3 Å². The van der Waals surface area contributed by atoms with Gasteiger partial charge < -0.3 is 14.4 Å². The predicted molar refractivity (Wildman–Crippen MR) is 81.8 cm³/mol. The lowest BCUT2D eigenvalue weighted by Gasteiger charge is -2.31. The van der Waals surface area contributed by atoms with Crippen molar-refractivity contribution in [3.63, 3.8) is 0 Å². The van der Waals surface area contributed by atoms with E-state index in [-0.39, 0.29) is 19.3 Å². The minimum absolute atomic E-state index is 0.206. The van der Waals surface area contributed by atoms with E-state index in [1.165, 1.54) is 0 Å². The molecule has 0 aromatic heterocycles. The molecule has 2 aliphatic heterocycles. The molecular formula is C17H21NO4. The van der Waals surface area contributed by atoms with Crippen LogP contribution in [0.3, 0.4) is 0 Å². The lowest BCUT2D eigenvalue weighted by molar-refractivity contribution is -0.165. The molecule has 0 spiro atoms. The zero-order chi connectivity index (χ0) is 15.7. The molecule has 118 valence electrons. The van der Waals surface area contributed by atoms with Crippen molar-refractivity contribution in [1.82, 2.24) is 0 Å². The van der Waals surface area contributed by atoms with E-state index in [2.05, 4.69) is 4.90 Å². The summed E-state index contributed by atoms with van der Waals surface area (Å²) in [7, 11) is 0. The van der Waals surface area contributed by atoms with Crippen LogP contribution in [0.4, 0.5) is 5.69 Å². The molecule has 0 amide bonds. The number of hydrogen-bond donors (Lipinski definition) is 0. The normalized spacial score (nSPS) is 21.2. The van der Waals surface area contributed by atoms with Crippen molar-refractivity contribution >= 4 is 17.6 Å². The van der Waals surface area contributed by atoms with Gasteiger partial charge in [-0.2, -0.15) is 0 Å². The average Bonchev–Trinajstić information content (AvgIpc) is 3.07. The third-order valence-corrected chi connectivity index (χ3v) is 4.59. The van der Waals surface area contributed by atoms with Gasteiger partial charge >= 0.3 is 11.9 Å². The second kappa shape index (κ2) is 5.63. The Bertz CT molecular complexity index is 580. The van der Waals surface area contributed by atoms with Gasteiger partial charge in [0, 0.05) is 17.8 Å². The van der Waals surface area contributed by atoms with E-state index in [9.17, 15) is 9.59 Å². The molecule has 5 heteroatoms. The number of nitrogens with zero attached hydrogens (tertiary/aromatic N) is 1. The van der Waals surface area contributed by atoms with Gasteiger partial charge in [-0.15, -0.1) is 0 Å². The Morgan fingerprint density at radius 3 is 2.45 bits per heavy atom. The standard InChI is InChI=1S/C17H21NO4/c1-3-21-15(19)17(16(20)22-4-2)12-8-5-6-9-13(12)18-11-7-10-14(17)18/h5-6,8-9,14H,3-4,7,10-11H2,1-2H3. The predicted octanol–water partition coefficient (Wildman–Crippen LogP) is 2.03. The Kier molecular flexibility index (Phi) is 3.81. The number of carbonyl (C=O) groups is 2. The first kappa shape index (κ1) is 14.9. The summed E-state index contributed by atoms with van der Waals surface area (Å²) in [6.45, 7) is 4.85. The van der Waals surface area contributed by atoms with Gasteiger partial charge in [0.1, 0.15) is 0 Å². The van der Waals surface area contributed by atoms with E-state index in [1.807, 2.05) is 24.3 Å². The number of esters is 2. The molecule has 1 saturated heterocycles. The molecule has 0 N–H and O–H groups in total. The van der Waals surface area contributed by atoms with Crippen LogP contribution >= 0.6 is 0 Å². The quantitative estimate of drug-likeness (QED) is 0.629. The zero-order valence-electron chi connectivity index (χ0n) is 13.0. The van der Waals surface area contributed by atoms with E-state index in [1.54, 1.807) is 13.8 Å². The van der Waals surface area contributed by atoms with Crippen LogP contribution in [0.2, 0.25) is 0 Å². The fourth-order valence-electron chi connectivity index (χ4n) is 3.81. The van der Waals surface area contributed by atoms with E-state index >= 15 is 0 Å². The first-order valence-electron chi connectivity index (χ1n) is 7.88. The number of anilines is 1. The lowest BCUT2D eigenvalue weighted by Crippen LogP contribution is -2.54. The molecule has 5 nitrogen and oxygen atoms in total. The van der Waals surface area contributed by atoms with Crippen molar-refractivity contribution in [2.75, 3.05) is 24.7 Å². The van der Waals surface area contributed by atoms with Crippen LogP contribution < -0.4 is 4.90 Å². The van der Waals surface area contributed by atoms with E-state index < -0.39 is 17.4 Å². The smallest absolute Gasteiger partial charge is 0.330 e. The summed E-state index contributed by atoms with van der Waals surface area (Å²) in [5.74, 6) is -0.981. The zero-order valence-corrected chi connectivity index (χ0v) is 13.0. The molecule has 22 heavy (non-hydrogen) atoms. The van der Waals surface area contributed by atoms with E-state index in [4.69, 9.17) is 9.47 Å². The van der Waals surface area contributed by atoms with E-state index in [0.29, 0.717) is 0 Å². The van der Waals surface area contributed by atoms with Crippen LogP contribution in [0.5, 0.6) is 0 Å². The Labute approximate surface area is 130 Å². The van der Waals surface area contributed by atoms with Gasteiger partial charge in [0.2, 0.25) is 5.41 Å². The summed E-state index contributed by atoms with van der Waals surface area (Å²) in [6, 6.07) is 7.40. The number of benzene rings is 1. The molecule has 1 atom stereocenters. The van der Waals surface area contributed by atoms with Crippen molar-refractivity contribution in [2.24, 2.45) is 0 Å². The molecule has 3 rings (SSSR count). The van der Waals surface area contributed by atoms with Gasteiger partial charge in [-0.3, -0.25) is 9.59 Å². The van der Waals surface area contributed by atoms with Gasteiger partial charge in [0.25, 0.3) is 0 Å². The highest BCUT2D eigenvalue weighted by Crippen LogP contribution is 2.51. The maximum absolute atomic E-state index is 12.8. The first-order valence-corrected chi connectivity index (χ1v) is 7.88. The van der Waals surface area contributed by atoms with Gasteiger partial charge in [-0.25, -0.2) is 0 Å². The Morgan fingerprint density at radius 1 is 1.18 bits per heavy atom. The largest absolute Gasteiger partial charge is 0.465 e.